The molecular weight excluding hydrogens is 419 g/mol. The quantitative estimate of drug-likeness (QED) is 0.270. The van der Waals surface area contributed by atoms with Gasteiger partial charge in [-0.25, -0.2) is 0 Å². The fourth-order valence-corrected chi connectivity index (χ4v) is 6.99. The molecule has 0 aliphatic heterocycles. The Labute approximate surface area is 195 Å². The second-order valence-corrected chi connectivity index (χ2v) is 10.9. The van der Waals surface area contributed by atoms with Gasteiger partial charge in [-0.1, -0.05) is 140 Å². The Kier molecular flexibility index (Phi) is 6.07. The van der Waals surface area contributed by atoms with Gasteiger partial charge in [-0.2, -0.15) is 0 Å². The fourth-order valence-electron chi connectivity index (χ4n) is 4.35. The predicted octanol–water partition coefficient (Wildman–Crippen LogP) is 6.58. The van der Waals surface area contributed by atoms with Gasteiger partial charge >= 0.3 is 0 Å². The van der Waals surface area contributed by atoms with Crippen LogP contribution < -0.4 is 15.9 Å². The van der Waals surface area contributed by atoms with Crippen LogP contribution in [0.4, 0.5) is 0 Å². The van der Waals surface area contributed by atoms with E-state index < -0.39 is 7.14 Å². The molecule has 0 N–H and O–H groups in total. The van der Waals surface area contributed by atoms with E-state index in [1.54, 1.807) is 0 Å². The van der Waals surface area contributed by atoms with Crippen LogP contribution in [0.1, 0.15) is 11.1 Å². The second kappa shape index (κ2) is 9.45. The monoisotopic (exact) mass is 444 g/mol. The van der Waals surface area contributed by atoms with Gasteiger partial charge in [0.1, 0.15) is 0 Å². The van der Waals surface area contributed by atoms with Gasteiger partial charge in [-0.15, -0.1) is 0 Å². The van der Waals surface area contributed by atoms with Crippen LogP contribution >= 0.6 is 7.14 Å². The third kappa shape index (κ3) is 4.33. The molecule has 0 unspecified atom stereocenters. The van der Waals surface area contributed by atoms with Crippen LogP contribution in [0.2, 0.25) is 0 Å². The normalized spacial score (nSPS) is 11.3. The Morgan fingerprint density at radius 2 is 0.909 bits per heavy atom. The van der Waals surface area contributed by atoms with Crippen LogP contribution in [0.25, 0.3) is 11.1 Å². The lowest BCUT2D eigenvalue weighted by atomic mass is 9.95. The molecular formula is C31H25OP. The molecule has 0 radical (unpaired) electrons. The first-order valence-corrected chi connectivity index (χ1v) is 12.9. The first-order valence-electron chi connectivity index (χ1n) is 11.2. The van der Waals surface area contributed by atoms with Gasteiger partial charge in [0.05, 0.1) is 0 Å². The van der Waals surface area contributed by atoms with Crippen molar-refractivity contribution in [1.29, 1.82) is 0 Å². The van der Waals surface area contributed by atoms with Crippen LogP contribution in [0.5, 0.6) is 0 Å². The average Bonchev–Trinajstić information content (AvgIpc) is 2.90. The summed E-state index contributed by atoms with van der Waals surface area (Å²) >= 11 is 0. The number of benzene rings is 5. The Bertz CT molecular complexity index is 1330. The highest BCUT2D eigenvalue weighted by atomic mass is 31.2. The molecule has 2 heteroatoms. The third-order valence-electron chi connectivity index (χ3n) is 6.04. The van der Waals surface area contributed by atoms with Crippen LogP contribution in [0.15, 0.2) is 140 Å². The van der Waals surface area contributed by atoms with Gasteiger partial charge in [-0.3, -0.25) is 0 Å². The van der Waals surface area contributed by atoms with Crippen molar-refractivity contribution in [3.05, 3.63) is 151 Å². The highest BCUT2D eigenvalue weighted by molar-refractivity contribution is 7.85. The maximum absolute atomic E-state index is 14.6. The minimum Gasteiger partial charge on any atom is -0.309 e. The molecule has 5 aromatic carbocycles. The van der Waals surface area contributed by atoms with Gasteiger partial charge in [0.2, 0.25) is 0 Å². The summed E-state index contributed by atoms with van der Waals surface area (Å²) in [5.41, 5.74) is 4.92. The molecule has 0 spiro atoms. The topological polar surface area (TPSA) is 17.1 Å². The number of hydrogen-bond acceptors (Lipinski definition) is 1. The Morgan fingerprint density at radius 1 is 0.455 bits per heavy atom. The predicted molar refractivity (Wildman–Crippen MR) is 141 cm³/mol. The molecule has 0 aromatic heterocycles. The Hall–Kier alpha value is -3.67. The van der Waals surface area contributed by atoms with Crippen molar-refractivity contribution in [3.63, 3.8) is 0 Å². The highest BCUT2D eigenvalue weighted by Crippen LogP contribution is 2.42. The molecule has 0 fully saturated rings. The van der Waals surface area contributed by atoms with Crippen molar-refractivity contribution in [1.82, 2.24) is 0 Å². The van der Waals surface area contributed by atoms with E-state index in [-0.39, 0.29) is 0 Å². The minimum absolute atomic E-state index is 0.851. The summed E-state index contributed by atoms with van der Waals surface area (Å²) < 4.78 is 14.6. The molecule has 5 rings (SSSR count). The van der Waals surface area contributed by atoms with E-state index in [0.717, 1.165) is 27.9 Å². The molecule has 5 aromatic rings. The molecule has 0 bridgehead atoms. The molecule has 0 aliphatic carbocycles. The molecule has 33 heavy (non-hydrogen) atoms. The van der Waals surface area contributed by atoms with Crippen molar-refractivity contribution < 1.29 is 4.57 Å². The maximum Gasteiger partial charge on any atom is 0.171 e. The molecule has 0 heterocycles. The zero-order valence-corrected chi connectivity index (χ0v) is 19.2. The molecule has 1 nitrogen and oxygen atoms in total. The lowest BCUT2D eigenvalue weighted by Crippen LogP contribution is -2.24. The zero-order valence-electron chi connectivity index (χ0n) is 18.3. The van der Waals surface area contributed by atoms with Crippen molar-refractivity contribution in [2.45, 2.75) is 6.42 Å². The molecule has 0 saturated carbocycles. The van der Waals surface area contributed by atoms with Crippen molar-refractivity contribution in [2.75, 3.05) is 0 Å². The van der Waals surface area contributed by atoms with E-state index in [9.17, 15) is 4.57 Å². The summed E-state index contributed by atoms with van der Waals surface area (Å²) in [6.07, 6.45) is 0.880. The van der Waals surface area contributed by atoms with Crippen LogP contribution in [0, 0.1) is 0 Å². The number of hydrogen-bond donors (Lipinski definition) is 0. The van der Waals surface area contributed by atoms with Crippen LogP contribution in [0.3, 0.4) is 0 Å². The Balaban J connectivity index is 1.55. The average molecular weight is 445 g/mol. The second-order valence-electron chi connectivity index (χ2n) is 8.15. The Morgan fingerprint density at radius 3 is 1.48 bits per heavy atom. The summed E-state index contributed by atoms with van der Waals surface area (Å²) in [5.74, 6) is 0. The summed E-state index contributed by atoms with van der Waals surface area (Å²) in [7, 11) is -2.95. The van der Waals surface area contributed by atoms with Crippen molar-refractivity contribution in [3.8, 4) is 11.1 Å². The van der Waals surface area contributed by atoms with Crippen LogP contribution in [-0.4, -0.2) is 0 Å². The molecule has 0 amide bonds. The summed E-state index contributed by atoms with van der Waals surface area (Å²) in [6, 6.07) is 47.0. The SMILES string of the molecule is O=P(c1ccccc1)(c1ccccc1)c1ccc(-c2ccccc2Cc2ccccc2)cc1. The van der Waals surface area contributed by atoms with Gasteiger partial charge in [0, 0.05) is 15.9 Å². The highest BCUT2D eigenvalue weighted by Gasteiger charge is 2.29. The molecule has 0 aliphatic rings. The molecule has 160 valence electrons. The summed E-state index contributed by atoms with van der Waals surface area (Å²) in [6.45, 7) is 0. The smallest absolute Gasteiger partial charge is 0.171 e. The van der Waals surface area contributed by atoms with E-state index in [1.807, 2.05) is 78.9 Å². The minimum atomic E-state index is -2.95. The zero-order chi connectivity index (χ0) is 22.5. The third-order valence-corrected chi connectivity index (χ3v) is 9.11. The summed E-state index contributed by atoms with van der Waals surface area (Å²) in [4.78, 5) is 0. The first kappa shape index (κ1) is 21.2. The van der Waals surface area contributed by atoms with E-state index in [0.29, 0.717) is 0 Å². The van der Waals surface area contributed by atoms with E-state index in [1.165, 1.54) is 16.7 Å². The van der Waals surface area contributed by atoms with Gasteiger partial charge in [-0.05, 0) is 28.7 Å². The summed E-state index contributed by atoms with van der Waals surface area (Å²) in [5, 5.41) is 2.56. The van der Waals surface area contributed by atoms with Gasteiger partial charge < -0.3 is 4.57 Å². The van der Waals surface area contributed by atoms with E-state index in [2.05, 4.69) is 60.7 Å². The standard InChI is InChI=1S/C31H25OP/c32-33(28-15-6-2-7-16-28,29-17-8-3-9-18-29)30-22-20-26(21-23-30)31-19-11-10-14-27(31)24-25-12-4-1-5-13-25/h1-23H,24H2. The lowest BCUT2D eigenvalue weighted by molar-refractivity contribution is 0.592. The van der Waals surface area contributed by atoms with Gasteiger partial charge in [0.25, 0.3) is 0 Å². The van der Waals surface area contributed by atoms with Crippen molar-refractivity contribution in [2.24, 2.45) is 0 Å². The van der Waals surface area contributed by atoms with Crippen LogP contribution in [-0.2, 0) is 11.0 Å². The molecule has 0 atom stereocenters. The van der Waals surface area contributed by atoms with Gasteiger partial charge in [0.15, 0.2) is 7.14 Å². The largest absolute Gasteiger partial charge is 0.309 e. The lowest BCUT2D eigenvalue weighted by Gasteiger charge is -2.20. The van der Waals surface area contributed by atoms with Crippen molar-refractivity contribution >= 4 is 23.1 Å². The number of rotatable bonds is 6. The first-order chi connectivity index (χ1) is 16.2. The van der Waals surface area contributed by atoms with E-state index in [4.69, 9.17) is 0 Å². The van der Waals surface area contributed by atoms with E-state index >= 15 is 0 Å². The fraction of sp³-hybridized carbons (Fsp3) is 0.0323. The maximum atomic E-state index is 14.6. The molecule has 0 saturated heterocycles.